The molecule has 0 heterocycles. The number of halogens is 1. The van der Waals surface area contributed by atoms with Gasteiger partial charge < -0.3 is 14.6 Å². The number of methoxy groups -OCH3 is 1. The summed E-state index contributed by atoms with van der Waals surface area (Å²) in [5, 5.41) is 10.3. The molecule has 3 aromatic rings. The van der Waals surface area contributed by atoms with Crippen LogP contribution < -0.4 is 9.47 Å². The summed E-state index contributed by atoms with van der Waals surface area (Å²) in [7, 11) is 1.61. The van der Waals surface area contributed by atoms with Gasteiger partial charge in [-0.3, -0.25) is 0 Å². The van der Waals surface area contributed by atoms with Crippen molar-refractivity contribution < 1.29 is 14.6 Å². The first-order valence-corrected chi connectivity index (χ1v) is 9.68. The smallest absolute Gasteiger partial charge is 0.169 e. The normalized spacial score (nSPS) is 11.9. The number of aryl methyl sites for hydroxylation is 1. The van der Waals surface area contributed by atoms with Crippen molar-refractivity contribution in [1.29, 1.82) is 0 Å². The lowest BCUT2D eigenvalue weighted by molar-refractivity contribution is 0.195. The fraction of sp³-hybridized carbons (Fsp3) is 0.250. The average molecular weight is 397 g/mol. The van der Waals surface area contributed by atoms with Crippen molar-refractivity contribution in [2.75, 3.05) is 7.11 Å². The predicted octanol–water partition coefficient (Wildman–Crippen LogP) is 5.83. The third-order valence-corrected chi connectivity index (χ3v) is 4.81. The van der Waals surface area contributed by atoms with Crippen molar-refractivity contribution in [2.24, 2.45) is 0 Å². The standard InChI is InChI=1S/C24H25ClO3/c1-16-9-10-19(11-17(2)26)12-21(16)22-13-20(25)14-23(27-3)24(22)28-15-18-7-5-4-6-8-18/h4-10,12-14,17,26H,11,15H2,1-3H3. The zero-order valence-corrected chi connectivity index (χ0v) is 17.2. The van der Waals surface area contributed by atoms with Gasteiger partial charge in [-0.1, -0.05) is 60.1 Å². The van der Waals surface area contributed by atoms with Gasteiger partial charge in [-0.2, -0.15) is 0 Å². The van der Waals surface area contributed by atoms with E-state index in [4.69, 9.17) is 21.1 Å². The van der Waals surface area contributed by atoms with Gasteiger partial charge in [0.05, 0.1) is 13.2 Å². The predicted molar refractivity (Wildman–Crippen MR) is 114 cm³/mol. The maximum absolute atomic E-state index is 9.76. The van der Waals surface area contributed by atoms with Crippen LogP contribution in [0.1, 0.15) is 23.6 Å². The fourth-order valence-electron chi connectivity index (χ4n) is 3.23. The third kappa shape index (κ3) is 4.86. The largest absolute Gasteiger partial charge is 0.493 e. The first-order chi connectivity index (χ1) is 13.5. The lowest BCUT2D eigenvalue weighted by Crippen LogP contribution is -2.05. The molecule has 0 aliphatic heterocycles. The Bertz CT molecular complexity index is 936. The van der Waals surface area contributed by atoms with Crippen LogP contribution in [0.4, 0.5) is 0 Å². The van der Waals surface area contributed by atoms with Crippen molar-refractivity contribution in [3.63, 3.8) is 0 Å². The number of aliphatic hydroxyl groups is 1. The second kappa shape index (κ2) is 9.13. The van der Waals surface area contributed by atoms with E-state index in [0.29, 0.717) is 29.5 Å². The Hall–Kier alpha value is -2.49. The second-order valence-electron chi connectivity index (χ2n) is 6.96. The van der Waals surface area contributed by atoms with Crippen molar-refractivity contribution in [3.8, 4) is 22.6 Å². The molecule has 1 N–H and O–H groups in total. The Labute approximate surface area is 171 Å². The second-order valence-corrected chi connectivity index (χ2v) is 7.40. The van der Waals surface area contributed by atoms with E-state index in [1.165, 1.54) is 0 Å². The molecule has 1 unspecified atom stereocenters. The van der Waals surface area contributed by atoms with E-state index in [1.807, 2.05) is 42.5 Å². The molecule has 3 aromatic carbocycles. The Balaban J connectivity index is 2.06. The molecule has 3 rings (SSSR count). The van der Waals surface area contributed by atoms with Gasteiger partial charge in [0.15, 0.2) is 11.5 Å². The molecule has 0 aliphatic rings. The molecule has 3 nitrogen and oxygen atoms in total. The Morgan fingerprint density at radius 1 is 0.964 bits per heavy atom. The molecule has 0 aliphatic carbocycles. The topological polar surface area (TPSA) is 38.7 Å². The first-order valence-electron chi connectivity index (χ1n) is 9.30. The van der Waals surface area contributed by atoms with E-state index >= 15 is 0 Å². The van der Waals surface area contributed by atoms with Crippen LogP contribution >= 0.6 is 11.6 Å². The quantitative estimate of drug-likeness (QED) is 0.546. The van der Waals surface area contributed by atoms with Crippen molar-refractivity contribution in [2.45, 2.75) is 33.0 Å². The van der Waals surface area contributed by atoms with Gasteiger partial charge in [0.1, 0.15) is 6.61 Å². The number of hydrogen-bond donors (Lipinski definition) is 1. The van der Waals surface area contributed by atoms with Gasteiger partial charge in [0.2, 0.25) is 0 Å². The molecular weight excluding hydrogens is 372 g/mol. The lowest BCUT2D eigenvalue weighted by Gasteiger charge is -2.18. The molecule has 0 saturated carbocycles. The highest BCUT2D eigenvalue weighted by Crippen LogP contribution is 2.42. The molecule has 0 fully saturated rings. The molecule has 146 valence electrons. The molecule has 0 spiro atoms. The molecule has 1 atom stereocenters. The van der Waals surface area contributed by atoms with Gasteiger partial charge in [0, 0.05) is 16.7 Å². The summed E-state index contributed by atoms with van der Waals surface area (Å²) < 4.78 is 11.8. The Morgan fingerprint density at radius 3 is 2.39 bits per heavy atom. The first kappa shape index (κ1) is 20.2. The maximum atomic E-state index is 9.76. The summed E-state index contributed by atoms with van der Waals surface area (Å²) >= 11 is 6.37. The highest BCUT2D eigenvalue weighted by molar-refractivity contribution is 6.31. The summed E-state index contributed by atoms with van der Waals surface area (Å²) in [5.74, 6) is 1.26. The zero-order valence-electron chi connectivity index (χ0n) is 16.4. The fourth-order valence-corrected chi connectivity index (χ4v) is 3.43. The number of hydrogen-bond acceptors (Lipinski definition) is 3. The van der Waals surface area contributed by atoms with E-state index in [2.05, 4.69) is 19.1 Å². The highest BCUT2D eigenvalue weighted by atomic mass is 35.5. The third-order valence-electron chi connectivity index (χ3n) is 4.59. The van der Waals surface area contributed by atoms with Crippen LogP contribution in [0.5, 0.6) is 11.5 Å². The van der Waals surface area contributed by atoms with E-state index in [9.17, 15) is 5.11 Å². The molecule has 0 saturated heterocycles. The summed E-state index contributed by atoms with van der Waals surface area (Å²) in [4.78, 5) is 0. The molecule has 0 aromatic heterocycles. The molecular formula is C24H25ClO3. The molecule has 0 radical (unpaired) electrons. The molecule has 28 heavy (non-hydrogen) atoms. The summed E-state index contributed by atoms with van der Waals surface area (Å²) in [6.45, 7) is 4.27. The van der Waals surface area contributed by atoms with Crippen LogP contribution in [0.2, 0.25) is 5.02 Å². The van der Waals surface area contributed by atoms with Crippen LogP contribution in [0.3, 0.4) is 0 Å². The van der Waals surface area contributed by atoms with E-state index < -0.39 is 6.10 Å². The van der Waals surface area contributed by atoms with Crippen molar-refractivity contribution >= 4 is 11.6 Å². The van der Waals surface area contributed by atoms with Crippen LogP contribution in [0, 0.1) is 6.92 Å². The zero-order chi connectivity index (χ0) is 20.1. The average Bonchev–Trinajstić information content (AvgIpc) is 2.68. The summed E-state index contributed by atoms with van der Waals surface area (Å²) in [6.07, 6.45) is 0.184. The summed E-state index contributed by atoms with van der Waals surface area (Å²) in [5.41, 5.74) is 5.13. The molecule has 0 amide bonds. The van der Waals surface area contributed by atoms with Gasteiger partial charge >= 0.3 is 0 Å². The summed E-state index contributed by atoms with van der Waals surface area (Å²) in [6, 6.07) is 19.9. The molecule has 0 bridgehead atoms. The SMILES string of the molecule is COc1cc(Cl)cc(-c2cc(CC(C)O)ccc2C)c1OCc1ccccc1. The minimum atomic E-state index is -0.404. The number of benzene rings is 3. The number of rotatable bonds is 7. The van der Waals surface area contributed by atoms with Crippen molar-refractivity contribution in [3.05, 3.63) is 82.4 Å². The van der Waals surface area contributed by atoms with Gasteiger partial charge in [-0.15, -0.1) is 0 Å². The Kier molecular flexibility index (Phi) is 6.61. The van der Waals surface area contributed by atoms with Crippen LogP contribution in [-0.4, -0.2) is 18.3 Å². The van der Waals surface area contributed by atoms with Crippen molar-refractivity contribution in [1.82, 2.24) is 0 Å². The van der Waals surface area contributed by atoms with Gasteiger partial charge in [-0.05, 0) is 48.6 Å². The minimum absolute atomic E-state index is 0.404. The van der Waals surface area contributed by atoms with Gasteiger partial charge in [-0.25, -0.2) is 0 Å². The van der Waals surface area contributed by atoms with Crippen LogP contribution in [0.25, 0.3) is 11.1 Å². The van der Waals surface area contributed by atoms with E-state index in [1.54, 1.807) is 20.1 Å². The lowest BCUT2D eigenvalue weighted by atomic mass is 9.95. The minimum Gasteiger partial charge on any atom is -0.493 e. The maximum Gasteiger partial charge on any atom is 0.169 e. The molecule has 4 heteroatoms. The Morgan fingerprint density at radius 2 is 1.71 bits per heavy atom. The monoisotopic (exact) mass is 396 g/mol. The highest BCUT2D eigenvalue weighted by Gasteiger charge is 2.17. The van der Waals surface area contributed by atoms with Crippen LogP contribution in [0.15, 0.2) is 60.7 Å². The van der Waals surface area contributed by atoms with E-state index in [0.717, 1.165) is 27.8 Å². The number of ether oxygens (including phenoxy) is 2. The van der Waals surface area contributed by atoms with E-state index in [-0.39, 0.29) is 0 Å². The van der Waals surface area contributed by atoms with Crippen LogP contribution in [-0.2, 0) is 13.0 Å². The van der Waals surface area contributed by atoms with Gasteiger partial charge in [0.25, 0.3) is 0 Å². The number of aliphatic hydroxyl groups excluding tert-OH is 1.